The molecule has 0 saturated heterocycles. The second-order valence-corrected chi connectivity index (χ2v) is 6.92. The van der Waals surface area contributed by atoms with Crippen molar-refractivity contribution in [2.75, 3.05) is 30.7 Å². The fourth-order valence-corrected chi connectivity index (χ4v) is 3.16. The number of ether oxygens (including phenoxy) is 1. The van der Waals surface area contributed by atoms with Gasteiger partial charge in [-0.15, -0.1) is 0 Å². The van der Waals surface area contributed by atoms with Crippen LogP contribution >= 0.6 is 0 Å². The molecule has 1 amide bonds. The number of carbonyl (C=O) groups excluding carboxylic acids is 1. The molecule has 0 N–H and O–H groups in total. The lowest BCUT2D eigenvalue weighted by Gasteiger charge is -2.35. The van der Waals surface area contributed by atoms with E-state index >= 15 is 0 Å². The van der Waals surface area contributed by atoms with Crippen molar-refractivity contribution in [3.8, 4) is 5.75 Å². The van der Waals surface area contributed by atoms with Crippen LogP contribution in [-0.4, -0.2) is 51.7 Å². The smallest absolute Gasteiger partial charge is 0.265 e. The molecule has 0 aliphatic carbocycles. The topological polar surface area (TPSA) is 66.9 Å². The Labute approximate surface area is 119 Å². The summed E-state index contributed by atoms with van der Waals surface area (Å²) in [7, 11) is -0.212. The van der Waals surface area contributed by atoms with Gasteiger partial charge < -0.3 is 9.64 Å². The zero-order valence-corrected chi connectivity index (χ0v) is 12.6. The molecule has 0 saturated carbocycles. The normalized spacial score (nSPS) is 18.1. The van der Waals surface area contributed by atoms with Crippen LogP contribution in [0.4, 0.5) is 5.69 Å². The highest BCUT2D eigenvalue weighted by Crippen LogP contribution is 2.35. The van der Waals surface area contributed by atoms with Crippen LogP contribution < -0.4 is 9.04 Å². The van der Waals surface area contributed by atoms with Gasteiger partial charge in [0.05, 0.1) is 18.0 Å². The molecule has 7 heteroatoms. The van der Waals surface area contributed by atoms with Crippen molar-refractivity contribution in [2.24, 2.45) is 0 Å². The first kappa shape index (κ1) is 14.6. The number of anilines is 1. The summed E-state index contributed by atoms with van der Waals surface area (Å²) in [5.74, 6) is 0.135. The number of likely N-dealkylation sites (N-methyl/N-ethyl adjacent to an activating group) is 1. The molecule has 0 aromatic heterocycles. The van der Waals surface area contributed by atoms with E-state index < -0.39 is 16.1 Å². The first-order chi connectivity index (χ1) is 9.36. The molecule has 1 aliphatic rings. The summed E-state index contributed by atoms with van der Waals surface area (Å²) >= 11 is 0. The van der Waals surface area contributed by atoms with Crippen LogP contribution in [-0.2, 0) is 14.8 Å². The Balaban J connectivity index is 2.44. The van der Waals surface area contributed by atoms with E-state index in [-0.39, 0.29) is 18.2 Å². The summed E-state index contributed by atoms with van der Waals surface area (Å²) in [6.45, 7) is 1.58. The minimum atomic E-state index is -3.44. The summed E-state index contributed by atoms with van der Waals surface area (Å²) in [6, 6.07) is 6.84. The van der Waals surface area contributed by atoms with Gasteiger partial charge in [0.15, 0.2) is 6.10 Å². The Kier molecular flexibility index (Phi) is 3.89. The third-order valence-corrected chi connectivity index (χ3v) is 4.90. The standard InChI is InChI=1S/C13H18N2O4S/c1-4-20(17,18)15-9-12(13(16)14(2)3)19-11-8-6-5-7-10(11)15/h5-8,12H,4,9H2,1-3H3/t12-/m1/s1. The lowest BCUT2D eigenvalue weighted by Crippen LogP contribution is -2.50. The van der Waals surface area contributed by atoms with Crippen molar-refractivity contribution in [1.29, 1.82) is 0 Å². The Morgan fingerprint density at radius 3 is 2.65 bits per heavy atom. The lowest BCUT2D eigenvalue weighted by atomic mass is 10.2. The van der Waals surface area contributed by atoms with Gasteiger partial charge in [-0.2, -0.15) is 0 Å². The van der Waals surface area contributed by atoms with Gasteiger partial charge in [-0.05, 0) is 19.1 Å². The SMILES string of the molecule is CCS(=O)(=O)N1C[C@H](C(=O)N(C)C)Oc2ccccc21. The van der Waals surface area contributed by atoms with E-state index in [0.717, 1.165) is 0 Å². The minimum Gasteiger partial charge on any atom is -0.476 e. The largest absolute Gasteiger partial charge is 0.476 e. The zero-order valence-electron chi connectivity index (χ0n) is 11.7. The highest BCUT2D eigenvalue weighted by Gasteiger charge is 2.36. The van der Waals surface area contributed by atoms with E-state index in [1.54, 1.807) is 45.3 Å². The van der Waals surface area contributed by atoms with Gasteiger partial charge in [0.1, 0.15) is 5.75 Å². The first-order valence-electron chi connectivity index (χ1n) is 6.34. The number of nitrogens with zero attached hydrogens (tertiary/aromatic N) is 2. The molecule has 1 aromatic carbocycles. The van der Waals surface area contributed by atoms with Crippen molar-refractivity contribution in [2.45, 2.75) is 13.0 Å². The summed E-state index contributed by atoms with van der Waals surface area (Å²) in [5.41, 5.74) is 0.483. The van der Waals surface area contributed by atoms with Crippen LogP contribution in [0.15, 0.2) is 24.3 Å². The second kappa shape index (κ2) is 5.32. The molecule has 110 valence electrons. The highest BCUT2D eigenvalue weighted by molar-refractivity contribution is 7.92. The maximum absolute atomic E-state index is 12.2. The number of rotatable bonds is 3. The Morgan fingerprint density at radius 1 is 1.40 bits per heavy atom. The Morgan fingerprint density at radius 2 is 2.05 bits per heavy atom. The first-order valence-corrected chi connectivity index (χ1v) is 7.95. The van der Waals surface area contributed by atoms with Gasteiger partial charge in [0, 0.05) is 14.1 Å². The third-order valence-electron chi connectivity index (χ3n) is 3.15. The highest BCUT2D eigenvalue weighted by atomic mass is 32.2. The van der Waals surface area contributed by atoms with Crippen LogP contribution in [0.3, 0.4) is 0 Å². The van der Waals surface area contributed by atoms with E-state index in [9.17, 15) is 13.2 Å². The fraction of sp³-hybridized carbons (Fsp3) is 0.462. The van der Waals surface area contributed by atoms with E-state index in [1.165, 1.54) is 9.21 Å². The lowest BCUT2D eigenvalue weighted by molar-refractivity contribution is -0.135. The maximum Gasteiger partial charge on any atom is 0.265 e. The molecule has 0 radical (unpaired) electrons. The van der Waals surface area contributed by atoms with Crippen LogP contribution in [0.1, 0.15) is 6.92 Å². The molecule has 2 rings (SSSR count). The van der Waals surface area contributed by atoms with Gasteiger partial charge >= 0.3 is 0 Å². The molecule has 0 fully saturated rings. The fourth-order valence-electron chi connectivity index (χ4n) is 2.04. The van der Waals surface area contributed by atoms with Gasteiger partial charge in [-0.3, -0.25) is 9.10 Å². The van der Waals surface area contributed by atoms with Crippen molar-refractivity contribution in [1.82, 2.24) is 4.90 Å². The minimum absolute atomic E-state index is 0.00417. The van der Waals surface area contributed by atoms with Crippen molar-refractivity contribution < 1.29 is 17.9 Å². The van der Waals surface area contributed by atoms with Crippen LogP contribution in [0.5, 0.6) is 5.75 Å². The molecule has 0 bridgehead atoms. The second-order valence-electron chi connectivity index (χ2n) is 4.74. The molecular weight excluding hydrogens is 280 g/mol. The Hall–Kier alpha value is -1.76. The van der Waals surface area contributed by atoms with Crippen LogP contribution in [0, 0.1) is 0 Å². The van der Waals surface area contributed by atoms with Crippen molar-refractivity contribution in [3.63, 3.8) is 0 Å². The van der Waals surface area contributed by atoms with E-state index in [0.29, 0.717) is 11.4 Å². The van der Waals surface area contributed by atoms with E-state index in [1.807, 2.05) is 0 Å². The maximum atomic E-state index is 12.2. The number of sulfonamides is 1. The van der Waals surface area contributed by atoms with E-state index in [4.69, 9.17) is 4.74 Å². The molecule has 6 nitrogen and oxygen atoms in total. The van der Waals surface area contributed by atoms with Crippen molar-refractivity contribution in [3.05, 3.63) is 24.3 Å². The van der Waals surface area contributed by atoms with E-state index in [2.05, 4.69) is 0 Å². The number of benzene rings is 1. The summed E-state index contributed by atoms with van der Waals surface area (Å²) < 4.78 is 31.3. The molecule has 1 aliphatic heterocycles. The van der Waals surface area contributed by atoms with Gasteiger partial charge in [-0.1, -0.05) is 12.1 Å². The molecule has 1 heterocycles. The van der Waals surface area contributed by atoms with Crippen LogP contribution in [0.25, 0.3) is 0 Å². The molecule has 0 spiro atoms. The monoisotopic (exact) mass is 298 g/mol. The quantitative estimate of drug-likeness (QED) is 0.823. The molecule has 1 aromatic rings. The molecule has 1 atom stereocenters. The Bertz CT molecular complexity index is 613. The van der Waals surface area contributed by atoms with Crippen LogP contribution in [0.2, 0.25) is 0 Å². The molecule has 0 unspecified atom stereocenters. The number of amides is 1. The number of hydrogen-bond donors (Lipinski definition) is 0. The predicted octanol–water partition coefficient (Wildman–Crippen LogP) is 0.692. The third kappa shape index (κ3) is 2.58. The summed E-state index contributed by atoms with van der Waals surface area (Å²) in [4.78, 5) is 13.4. The molecular formula is C13H18N2O4S. The van der Waals surface area contributed by atoms with Gasteiger partial charge in [0.2, 0.25) is 10.0 Å². The van der Waals surface area contributed by atoms with Gasteiger partial charge in [0.25, 0.3) is 5.91 Å². The average molecular weight is 298 g/mol. The average Bonchev–Trinajstić information content (AvgIpc) is 2.45. The number of hydrogen-bond acceptors (Lipinski definition) is 4. The van der Waals surface area contributed by atoms with Crippen molar-refractivity contribution >= 4 is 21.6 Å². The number of para-hydroxylation sites is 2. The summed E-state index contributed by atoms with van der Waals surface area (Å²) in [5, 5.41) is 0. The number of fused-ring (bicyclic) bond motifs is 1. The molecule has 20 heavy (non-hydrogen) atoms. The predicted molar refractivity (Wildman–Crippen MR) is 76.4 cm³/mol. The number of carbonyl (C=O) groups is 1. The van der Waals surface area contributed by atoms with Gasteiger partial charge in [-0.25, -0.2) is 8.42 Å². The summed E-state index contributed by atoms with van der Waals surface area (Å²) in [6.07, 6.45) is -0.818. The zero-order chi connectivity index (χ0) is 14.9.